The number of aromatic nitrogens is 4. The standard InChI is InChI=1S/C47H28N4/c1-2-15-34-32(10-1)26-39(38-19-9-21-48-45(34)38)31-13-7-11-29(24-31)30-12-8-14-33(25-30)51-43-20-6-5-17-36(43)41-27-40-35-16-3-4-18-37(35)46-47(50-23-22-49-46)42(40)28-44(41)51/h1-28H. The van der Waals surface area contributed by atoms with Crippen molar-refractivity contribution in [1.82, 2.24) is 19.5 Å². The summed E-state index contributed by atoms with van der Waals surface area (Å²) < 4.78 is 2.40. The summed E-state index contributed by atoms with van der Waals surface area (Å²) in [4.78, 5) is 14.5. The zero-order chi connectivity index (χ0) is 33.5. The molecule has 0 spiro atoms. The molecule has 0 aliphatic heterocycles. The maximum absolute atomic E-state index is 4.87. The number of benzene rings is 8. The molecule has 0 radical (unpaired) electrons. The van der Waals surface area contributed by atoms with Crippen molar-refractivity contribution in [3.05, 3.63) is 170 Å². The van der Waals surface area contributed by atoms with Crippen molar-refractivity contribution in [1.29, 1.82) is 0 Å². The van der Waals surface area contributed by atoms with Gasteiger partial charge in [0, 0.05) is 56.6 Å². The van der Waals surface area contributed by atoms with E-state index in [1.165, 1.54) is 54.5 Å². The van der Waals surface area contributed by atoms with E-state index in [1.807, 2.05) is 12.3 Å². The van der Waals surface area contributed by atoms with Gasteiger partial charge in [0.15, 0.2) is 0 Å². The molecule has 3 aromatic heterocycles. The molecule has 0 aliphatic carbocycles. The van der Waals surface area contributed by atoms with E-state index in [-0.39, 0.29) is 0 Å². The van der Waals surface area contributed by atoms with Crippen LogP contribution in [-0.2, 0) is 0 Å². The fourth-order valence-corrected chi connectivity index (χ4v) is 8.21. The number of nitrogens with zero attached hydrogens (tertiary/aromatic N) is 4. The van der Waals surface area contributed by atoms with Gasteiger partial charge in [-0.1, -0.05) is 103 Å². The lowest BCUT2D eigenvalue weighted by Gasteiger charge is -2.13. The van der Waals surface area contributed by atoms with Crippen LogP contribution in [0.1, 0.15) is 0 Å². The van der Waals surface area contributed by atoms with Gasteiger partial charge in [0.05, 0.1) is 27.6 Å². The van der Waals surface area contributed by atoms with Gasteiger partial charge < -0.3 is 4.57 Å². The molecular formula is C47H28N4. The van der Waals surface area contributed by atoms with Crippen LogP contribution in [0.25, 0.3) is 104 Å². The minimum atomic E-state index is 0.923. The molecule has 0 bridgehead atoms. The van der Waals surface area contributed by atoms with Crippen molar-refractivity contribution in [2.75, 3.05) is 0 Å². The van der Waals surface area contributed by atoms with Gasteiger partial charge in [-0.2, -0.15) is 0 Å². The van der Waals surface area contributed by atoms with Crippen LogP contribution < -0.4 is 0 Å². The van der Waals surface area contributed by atoms with Crippen molar-refractivity contribution < 1.29 is 0 Å². The molecular weight excluding hydrogens is 621 g/mol. The second-order valence-electron chi connectivity index (χ2n) is 13.2. The molecule has 0 saturated heterocycles. The van der Waals surface area contributed by atoms with E-state index in [9.17, 15) is 0 Å². The number of pyridine rings is 1. The minimum Gasteiger partial charge on any atom is -0.309 e. The number of rotatable bonds is 3. The van der Waals surface area contributed by atoms with Gasteiger partial charge in [0.2, 0.25) is 0 Å². The van der Waals surface area contributed by atoms with Gasteiger partial charge in [0.25, 0.3) is 0 Å². The Hall–Kier alpha value is -6.91. The van der Waals surface area contributed by atoms with Crippen LogP contribution in [-0.4, -0.2) is 19.5 Å². The quantitative estimate of drug-likeness (QED) is 0.179. The fourth-order valence-electron chi connectivity index (χ4n) is 8.21. The second kappa shape index (κ2) is 10.8. The van der Waals surface area contributed by atoms with Crippen LogP contribution >= 0.6 is 0 Å². The lowest BCUT2D eigenvalue weighted by molar-refractivity contribution is 1.18. The van der Waals surface area contributed by atoms with Crippen molar-refractivity contribution in [3.63, 3.8) is 0 Å². The molecule has 3 heterocycles. The first-order valence-electron chi connectivity index (χ1n) is 17.3. The molecule has 0 amide bonds. The average Bonchev–Trinajstić information content (AvgIpc) is 3.53. The molecule has 11 rings (SSSR count). The van der Waals surface area contributed by atoms with Crippen molar-refractivity contribution in [3.8, 4) is 27.9 Å². The normalized spacial score (nSPS) is 11.9. The Morgan fingerprint density at radius 3 is 1.88 bits per heavy atom. The van der Waals surface area contributed by atoms with Gasteiger partial charge >= 0.3 is 0 Å². The summed E-state index contributed by atoms with van der Waals surface area (Å²) in [5.41, 5.74) is 11.0. The highest BCUT2D eigenvalue weighted by Gasteiger charge is 2.18. The summed E-state index contributed by atoms with van der Waals surface area (Å²) in [6.45, 7) is 0. The summed E-state index contributed by atoms with van der Waals surface area (Å²) in [6.07, 6.45) is 5.47. The van der Waals surface area contributed by atoms with E-state index in [0.717, 1.165) is 49.5 Å². The predicted molar refractivity (Wildman–Crippen MR) is 213 cm³/mol. The number of hydrogen-bond acceptors (Lipinski definition) is 3. The van der Waals surface area contributed by atoms with Crippen LogP contribution in [0.4, 0.5) is 0 Å². The van der Waals surface area contributed by atoms with Crippen LogP contribution in [0.5, 0.6) is 0 Å². The maximum Gasteiger partial charge on any atom is 0.0972 e. The topological polar surface area (TPSA) is 43.6 Å². The van der Waals surface area contributed by atoms with Gasteiger partial charge in [-0.05, 0) is 86.9 Å². The Labute approximate surface area is 292 Å². The largest absolute Gasteiger partial charge is 0.309 e. The van der Waals surface area contributed by atoms with Crippen LogP contribution in [0, 0.1) is 0 Å². The van der Waals surface area contributed by atoms with E-state index >= 15 is 0 Å². The highest BCUT2D eigenvalue weighted by Crippen LogP contribution is 2.41. The van der Waals surface area contributed by atoms with Crippen molar-refractivity contribution >= 4 is 76.1 Å². The van der Waals surface area contributed by atoms with Crippen LogP contribution in [0.15, 0.2) is 170 Å². The fraction of sp³-hybridized carbons (Fsp3) is 0. The molecule has 4 heteroatoms. The molecule has 0 fully saturated rings. The molecule has 0 atom stereocenters. The van der Waals surface area contributed by atoms with Gasteiger partial charge in [-0.25, -0.2) is 0 Å². The van der Waals surface area contributed by atoms with E-state index in [4.69, 9.17) is 15.0 Å². The van der Waals surface area contributed by atoms with E-state index in [2.05, 4.69) is 150 Å². The average molecular weight is 649 g/mol. The Balaban J connectivity index is 1.13. The van der Waals surface area contributed by atoms with Crippen LogP contribution in [0.2, 0.25) is 0 Å². The number of fused-ring (bicyclic) bond motifs is 12. The highest BCUT2D eigenvalue weighted by atomic mass is 15.0. The molecule has 0 saturated carbocycles. The third-order valence-electron chi connectivity index (χ3n) is 10.5. The summed E-state index contributed by atoms with van der Waals surface area (Å²) in [5, 5.41) is 10.6. The summed E-state index contributed by atoms with van der Waals surface area (Å²) in [7, 11) is 0. The SMILES string of the molecule is c1cc(-c2cccc(-n3c4ccccc4c4cc5c6ccccc6c6nccnc6c5cc43)c2)cc(-c2cc3ccccc3c3ncccc23)c1. The van der Waals surface area contributed by atoms with Crippen LogP contribution in [0.3, 0.4) is 0 Å². The Morgan fingerprint density at radius 1 is 0.333 bits per heavy atom. The molecule has 236 valence electrons. The smallest absolute Gasteiger partial charge is 0.0972 e. The molecule has 0 unspecified atom stereocenters. The minimum absolute atomic E-state index is 0.923. The zero-order valence-corrected chi connectivity index (χ0v) is 27.5. The molecule has 8 aromatic carbocycles. The Morgan fingerprint density at radius 2 is 1.00 bits per heavy atom. The third-order valence-corrected chi connectivity index (χ3v) is 10.5. The monoisotopic (exact) mass is 648 g/mol. The zero-order valence-electron chi connectivity index (χ0n) is 27.5. The van der Waals surface area contributed by atoms with E-state index in [0.29, 0.717) is 0 Å². The lowest BCUT2D eigenvalue weighted by Crippen LogP contribution is -1.95. The molecule has 0 N–H and O–H groups in total. The van der Waals surface area contributed by atoms with Gasteiger partial charge in [-0.3, -0.25) is 15.0 Å². The lowest BCUT2D eigenvalue weighted by atomic mass is 9.93. The molecule has 11 aromatic rings. The Bertz CT molecular complexity index is 3210. The predicted octanol–water partition coefficient (Wildman–Crippen LogP) is 12.1. The third kappa shape index (κ3) is 4.17. The van der Waals surface area contributed by atoms with E-state index < -0.39 is 0 Å². The van der Waals surface area contributed by atoms with Crippen molar-refractivity contribution in [2.45, 2.75) is 0 Å². The second-order valence-corrected chi connectivity index (χ2v) is 13.2. The van der Waals surface area contributed by atoms with Crippen molar-refractivity contribution in [2.24, 2.45) is 0 Å². The Kier molecular flexibility index (Phi) is 5.92. The van der Waals surface area contributed by atoms with Gasteiger partial charge in [0.1, 0.15) is 0 Å². The summed E-state index contributed by atoms with van der Waals surface area (Å²) in [6, 6.07) is 54.8. The first-order chi connectivity index (χ1) is 25.3. The van der Waals surface area contributed by atoms with Gasteiger partial charge in [-0.15, -0.1) is 0 Å². The van der Waals surface area contributed by atoms with E-state index in [1.54, 1.807) is 12.4 Å². The first-order valence-corrected chi connectivity index (χ1v) is 17.3. The molecule has 0 aliphatic rings. The maximum atomic E-state index is 4.87. The highest BCUT2D eigenvalue weighted by molar-refractivity contribution is 6.27. The molecule has 4 nitrogen and oxygen atoms in total. The first kappa shape index (κ1) is 28.0. The molecule has 51 heavy (non-hydrogen) atoms. The summed E-state index contributed by atoms with van der Waals surface area (Å²) in [5.74, 6) is 0. The number of hydrogen-bond donors (Lipinski definition) is 0. The summed E-state index contributed by atoms with van der Waals surface area (Å²) >= 11 is 0. The number of para-hydroxylation sites is 1.